The third-order valence-corrected chi connectivity index (χ3v) is 4.00. The highest BCUT2D eigenvalue weighted by molar-refractivity contribution is 6.01. The van der Waals surface area contributed by atoms with E-state index in [0.29, 0.717) is 5.71 Å². The zero-order valence-corrected chi connectivity index (χ0v) is 14.3. The zero-order chi connectivity index (χ0) is 17.7. The SMILES string of the molecule is CC(C)(C)c1ccc(-c2ccc(/C(CCC(=O)O)=N/O)cc2)cc1. The molecule has 0 aromatic heterocycles. The van der Waals surface area contributed by atoms with Gasteiger partial charge in [-0.15, -0.1) is 0 Å². The molecular formula is C20H23NO3. The van der Waals surface area contributed by atoms with E-state index in [1.807, 2.05) is 24.3 Å². The molecule has 0 aliphatic rings. The molecule has 2 aromatic rings. The molecule has 4 nitrogen and oxygen atoms in total. The fourth-order valence-corrected chi connectivity index (χ4v) is 2.50. The van der Waals surface area contributed by atoms with Crippen LogP contribution in [0.4, 0.5) is 0 Å². The molecule has 126 valence electrons. The van der Waals surface area contributed by atoms with Gasteiger partial charge >= 0.3 is 5.97 Å². The molecule has 24 heavy (non-hydrogen) atoms. The van der Waals surface area contributed by atoms with Crippen LogP contribution in [0.5, 0.6) is 0 Å². The minimum absolute atomic E-state index is 0.0601. The lowest BCUT2D eigenvalue weighted by atomic mass is 9.86. The highest BCUT2D eigenvalue weighted by Crippen LogP contribution is 2.26. The smallest absolute Gasteiger partial charge is 0.303 e. The monoisotopic (exact) mass is 325 g/mol. The van der Waals surface area contributed by atoms with E-state index in [9.17, 15) is 4.79 Å². The quantitative estimate of drug-likeness (QED) is 0.476. The summed E-state index contributed by atoms with van der Waals surface area (Å²) < 4.78 is 0. The summed E-state index contributed by atoms with van der Waals surface area (Å²) in [6.07, 6.45) is 0.140. The standard InChI is InChI=1S/C20H23NO3/c1-20(2,3)17-10-8-15(9-11-17)14-4-6-16(7-5-14)18(21-24)12-13-19(22)23/h4-11,24H,12-13H2,1-3H3,(H,22,23)/b21-18+. The summed E-state index contributed by atoms with van der Waals surface area (Å²) >= 11 is 0. The first-order valence-electron chi connectivity index (χ1n) is 7.95. The van der Waals surface area contributed by atoms with Gasteiger partial charge in [0.15, 0.2) is 0 Å². The lowest BCUT2D eigenvalue weighted by molar-refractivity contribution is -0.136. The lowest BCUT2D eigenvalue weighted by Gasteiger charge is -2.19. The Morgan fingerprint density at radius 3 is 1.83 bits per heavy atom. The van der Waals surface area contributed by atoms with Crippen LogP contribution < -0.4 is 0 Å². The normalized spacial score (nSPS) is 12.2. The van der Waals surface area contributed by atoms with Crippen LogP contribution in [0.2, 0.25) is 0 Å². The molecule has 0 amide bonds. The Balaban J connectivity index is 2.18. The fourth-order valence-electron chi connectivity index (χ4n) is 2.50. The van der Waals surface area contributed by atoms with Gasteiger partial charge in [0.25, 0.3) is 0 Å². The van der Waals surface area contributed by atoms with Gasteiger partial charge in [-0.3, -0.25) is 4.79 Å². The van der Waals surface area contributed by atoms with Crippen molar-refractivity contribution in [1.82, 2.24) is 0 Å². The first-order chi connectivity index (χ1) is 11.3. The molecule has 0 aliphatic heterocycles. The Morgan fingerprint density at radius 2 is 1.42 bits per heavy atom. The Hall–Kier alpha value is -2.62. The second kappa shape index (κ2) is 7.30. The average Bonchev–Trinajstić information content (AvgIpc) is 2.55. The number of carboxylic acids is 1. The van der Waals surface area contributed by atoms with Gasteiger partial charge in [0.2, 0.25) is 0 Å². The third-order valence-electron chi connectivity index (χ3n) is 4.00. The molecule has 2 aromatic carbocycles. The van der Waals surface area contributed by atoms with Crippen LogP contribution in [0.15, 0.2) is 53.7 Å². The number of hydrogen-bond acceptors (Lipinski definition) is 3. The van der Waals surface area contributed by atoms with Crippen molar-refractivity contribution in [3.8, 4) is 11.1 Å². The minimum atomic E-state index is -0.910. The third kappa shape index (κ3) is 4.44. The van der Waals surface area contributed by atoms with Crippen molar-refractivity contribution >= 4 is 11.7 Å². The maximum atomic E-state index is 10.7. The van der Waals surface area contributed by atoms with Gasteiger partial charge in [-0.1, -0.05) is 74.5 Å². The van der Waals surface area contributed by atoms with Crippen molar-refractivity contribution in [3.05, 3.63) is 59.7 Å². The number of oxime groups is 1. The largest absolute Gasteiger partial charge is 0.481 e. The summed E-state index contributed by atoms with van der Waals surface area (Å²) in [4.78, 5) is 10.7. The molecule has 0 heterocycles. The predicted octanol–water partition coefficient (Wildman–Crippen LogP) is 4.69. The maximum absolute atomic E-state index is 10.7. The number of carbonyl (C=O) groups is 1. The molecule has 0 unspecified atom stereocenters. The Morgan fingerprint density at radius 1 is 0.917 bits per heavy atom. The summed E-state index contributed by atoms with van der Waals surface area (Å²) in [6, 6.07) is 16.1. The van der Waals surface area contributed by atoms with Crippen LogP contribution in [0.3, 0.4) is 0 Å². The van der Waals surface area contributed by atoms with E-state index in [4.69, 9.17) is 10.3 Å². The molecule has 0 bridgehead atoms. The van der Waals surface area contributed by atoms with E-state index < -0.39 is 5.97 Å². The predicted molar refractivity (Wildman–Crippen MR) is 95.8 cm³/mol. The molecule has 4 heteroatoms. The van der Waals surface area contributed by atoms with Gasteiger partial charge in [0, 0.05) is 6.42 Å². The molecule has 0 atom stereocenters. The van der Waals surface area contributed by atoms with Gasteiger partial charge in [0.1, 0.15) is 0 Å². The molecule has 0 saturated carbocycles. The second-order valence-corrected chi connectivity index (χ2v) is 6.85. The van der Waals surface area contributed by atoms with Gasteiger partial charge in [0.05, 0.1) is 12.1 Å². The highest BCUT2D eigenvalue weighted by Gasteiger charge is 2.13. The molecule has 0 spiro atoms. The highest BCUT2D eigenvalue weighted by atomic mass is 16.4. The lowest BCUT2D eigenvalue weighted by Crippen LogP contribution is -2.10. The Labute approximate surface area is 142 Å². The number of rotatable bonds is 5. The van der Waals surface area contributed by atoms with Crippen LogP contribution in [-0.4, -0.2) is 22.0 Å². The van der Waals surface area contributed by atoms with Crippen LogP contribution >= 0.6 is 0 Å². The van der Waals surface area contributed by atoms with Gasteiger partial charge < -0.3 is 10.3 Å². The maximum Gasteiger partial charge on any atom is 0.303 e. The number of nitrogens with zero attached hydrogens (tertiary/aromatic N) is 1. The van der Waals surface area contributed by atoms with Crippen molar-refractivity contribution in [1.29, 1.82) is 0 Å². The average molecular weight is 325 g/mol. The molecule has 0 radical (unpaired) electrons. The van der Waals surface area contributed by atoms with Crippen LogP contribution in [0.25, 0.3) is 11.1 Å². The summed E-state index contributed by atoms with van der Waals surface area (Å²) in [5.41, 5.74) is 4.70. The van der Waals surface area contributed by atoms with Gasteiger partial charge in [-0.25, -0.2) is 0 Å². The van der Waals surface area contributed by atoms with E-state index >= 15 is 0 Å². The van der Waals surface area contributed by atoms with E-state index in [1.165, 1.54) is 5.56 Å². The van der Waals surface area contributed by atoms with Crippen molar-refractivity contribution in [2.75, 3.05) is 0 Å². The van der Waals surface area contributed by atoms with Crippen LogP contribution in [0, 0.1) is 0 Å². The van der Waals surface area contributed by atoms with Gasteiger partial charge in [-0.05, 0) is 27.7 Å². The molecule has 0 fully saturated rings. The van der Waals surface area contributed by atoms with Crippen LogP contribution in [0.1, 0.15) is 44.7 Å². The van der Waals surface area contributed by atoms with E-state index in [-0.39, 0.29) is 18.3 Å². The van der Waals surface area contributed by atoms with Crippen LogP contribution in [-0.2, 0) is 10.2 Å². The summed E-state index contributed by atoms with van der Waals surface area (Å²) in [5, 5.41) is 21.0. The number of aliphatic carboxylic acids is 1. The number of benzene rings is 2. The number of hydrogen-bond donors (Lipinski definition) is 2. The molecule has 2 rings (SSSR count). The van der Waals surface area contributed by atoms with Crippen molar-refractivity contribution in [2.45, 2.75) is 39.0 Å². The minimum Gasteiger partial charge on any atom is -0.481 e. The molecular weight excluding hydrogens is 302 g/mol. The van der Waals surface area contributed by atoms with Crippen molar-refractivity contribution in [2.24, 2.45) is 5.16 Å². The van der Waals surface area contributed by atoms with Crippen molar-refractivity contribution in [3.63, 3.8) is 0 Å². The van der Waals surface area contributed by atoms with E-state index in [0.717, 1.165) is 16.7 Å². The first kappa shape index (κ1) is 17.7. The first-order valence-corrected chi connectivity index (χ1v) is 7.95. The summed E-state index contributed by atoms with van der Waals surface area (Å²) in [6.45, 7) is 6.55. The molecule has 2 N–H and O–H groups in total. The topological polar surface area (TPSA) is 69.9 Å². The zero-order valence-electron chi connectivity index (χ0n) is 14.3. The summed E-state index contributed by atoms with van der Waals surface area (Å²) in [5.74, 6) is -0.910. The van der Waals surface area contributed by atoms with Crippen molar-refractivity contribution < 1.29 is 15.1 Å². The van der Waals surface area contributed by atoms with E-state index in [1.54, 1.807) is 0 Å². The van der Waals surface area contributed by atoms with Gasteiger partial charge in [-0.2, -0.15) is 0 Å². The molecule has 0 saturated heterocycles. The second-order valence-electron chi connectivity index (χ2n) is 6.85. The summed E-state index contributed by atoms with van der Waals surface area (Å²) in [7, 11) is 0. The molecule has 0 aliphatic carbocycles. The fraction of sp³-hybridized carbons (Fsp3) is 0.300. The van der Waals surface area contributed by atoms with E-state index in [2.05, 4.69) is 50.2 Å². The number of carboxylic acid groups (broad SMARTS) is 1. The Bertz CT molecular complexity index is 723. The Kier molecular flexibility index (Phi) is 5.39.